The number of ether oxygens (including phenoxy) is 3. The number of carbonyl (C=O) groups excluding carboxylic acids is 3. The zero-order valence-corrected chi connectivity index (χ0v) is 52.6. The molecule has 0 aliphatic rings. The van der Waals surface area contributed by atoms with Crippen molar-refractivity contribution in [2.45, 2.75) is 361 Å². The van der Waals surface area contributed by atoms with Crippen LogP contribution < -0.4 is 0 Å². The lowest BCUT2D eigenvalue weighted by Crippen LogP contribution is -2.30. The molecule has 0 aromatic rings. The van der Waals surface area contributed by atoms with Crippen LogP contribution in [0.15, 0.2) is 72.9 Å². The Balaban J connectivity index is 4.12. The molecular formula is C73H130O6. The minimum Gasteiger partial charge on any atom is -0.462 e. The fourth-order valence-corrected chi connectivity index (χ4v) is 10.1. The van der Waals surface area contributed by atoms with E-state index in [4.69, 9.17) is 14.2 Å². The van der Waals surface area contributed by atoms with E-state index in [-0.39, 0.29) is 31.1 Å². The van der Waals surface area contributed by atoms with Crippen molar-refractivity contribution in [3.05, 3.63) is 72.9 Å². The zero-order chi connectivity index (χ0) is 57.1. The van der Waals surface area contributed by atoms with E-state index in [9.17, 15) is 14.4 Å². The lowest BCUT2D eigenvalue weighted by Gasteiger charge is -2.18. The van der Waals surface area contributed by atoms with E-state index < -0.39 is 6.10 Å². The number of unbranched alkanes of at least 4 members (excludes halogenated alkanes) is 40. The van der Waals surface area contributed by atoms with E-state index in [0.717, 1.165) is 96.3 Å². The van der Waals surface area contributed by atoms with Gasteiger partial charge in [-0.15, -0.1) is 0 Å². The van der Waals surface area contributed by atoms with Gasteiger partial charge in [-0.2, -0.15) is 0 Å². The Bertz CT molecular complexity index is 1450. The maximum Gasteiger partial charge on any atom is 0.306 e. The molecule has 0 amide bonds. The van der Waals surface area contributed by atoms with Crippen LogP contribution in [0.3, 0.4) is 0 Å². The molecule has 6 heteroatoms. The Morgan fingerprint density at radius 2 is 0.494 bits per heavy atom. The van der Waals surface area contributed by atoms with E-state index in [0.29, 0.717) is 19.3 Å². The number of carbonyl (C=O) groups is 3. The number of hydrogen-bond donors (Lipinski definition) is 0. The van der Waals surface area contributed by atoms with Crippen molar-refractivity contribution < 1.29 is 28.6 Å². The molecule has 0 spiro atoms. The van der Waals surface area contributed by atoms with Crippen molar-refractivity contribution in [3.63, 3.8) is 0 Å². The Morgan fingerprint density at radius 1 is 0.266 bits per heavy atom. The highest BCUT2D eigenvalue weighted by molar-refractivity contribution is 5.71. The number of hydrogen-bond acceptors (Lipinski definition) is 6. The van der Waals surface area contributed by atoms with Crippen LogP contribution in [-0.2, 0) is 28.6 Å². The molecule has 0 heterocycles. The van der Waals surface area contributed by atoms with Gasteiger partial charge in [0.05, 0.1) is 0 Å². The van der Waals surface area contributed by atoms with Gasteiger partial charge in [-0.3, -0.25) is 14.4 Å². The SMILES string of the molecule is CC/C=C\C/C=C\C/C=C\C/C=C\C/C=C\C/C=C\CCCCCCCCCCCCC(=O)OCC(COC(=O)CCCCCCCCCC)OC(=O)CCCCCCCCCCCCCCCCCCCCCCCCCC. The van der Waals surface area contributed by atoms with Gasteiger partial charge in [0.1, 0.15) is 13.2 Å². The standard InChI is InChI=1S/C73H130O6/c1-4-7-10-13-16-19-21-23-25-27-29-31-33-35-36-37-38-39-41-42-44-46-48-50-52-54-57-60-63-66-72(75)78-69-70(68-77-71(74)65-62-59-56-18-15-12-9-6-3)79-73(76)67-64-61-58-55-53-51-49-47-45-43-40-34-32-30-28-26-24-22-20-17-14-11-8-5-2/h7,10,16,19,23,25,29,31,35-36,38-39,70H,4-6,8-9,11-15,17-18,20-22,24,26-28,30,32-34,37,40-69H2,1-3H3/b10-7-,19-16-,25-23-,31-29-,36-35-,39-38-. The Kier molecular flexibility index (Phi) is 64.7. The first kappa shape index (κ1) is 75.8. The number of rotatable bonds is 63. The van der Waals surface area contributed by atoms with Gasteiger partial charge in [-0.25, -0.2) is 0 Å². The fourth-order valence-electron chi connectivity index (χ4n) is 10.1. The van der Waals surface area contributed by atoms with Crippen molar-refractivity contribution >= 4 is 17.9 Å². The molecule has 0 N–H and O–H groups in total. The van der Waals surface area contributed by atoms with Gasteiger partial charge >= 0.3 is 17.9 Å². The van der Waals surface area contributed by atoms with Crippen molar-refractivity contribution in [2.24, 2.45) is 0 Å². The normalized spacial score (nSPS) is 12.5. The second-order valence-corrected chi connectivity index (χ2v) is 23.1. The van der Waals surface area contributed by atoms with Gasteiger partial charge in [0.15, 0.2) is 6.10 Å². The summed E-state index contributed by atoms with van der Waals surface area (Å²) in [7, 11) is 0. The molecule has 79 heavy (non-hydrogen) atoms. The van der Waals surface area contributed by atoms with E-state index in [1.165, 1.54) is 218 Å². The third kappa shape index (κ3) is 65.5. The van der Waals surface area contributed by atoms with E-state index in [2.05, 4.69) is 93.7 Å². The molecule has 0 rings (SSSR count). The van der Waals surface area contributed by atoms with Crippen LogP contribution in [0, 0.1) is 0 Å². The van der Waals surface area contributed by atoms with Gasteiger partial charge in [0.25, 0.3) is 0 Å². The molecule has 458 valence electrons. The van der Waals surface area contributed by atoms with E-state index >= 15 is 0 Å². The molecule has 0 aromatic carbocycles. The minimum absolute atomic E-state index is 0.0716. The number of esters is 3. The van der Waals surface area contributed by atoms with E-state index in [1.807, 2.05) is 0 Å². The maximum atomic E-state index is 12.9. The summed E-state index contributed by atoms with van der Waals surface area (Å²) in [6, 6.07) is 0. The average molecular weight is 1100 g/mol. The topological polar surface area (TPSA) is 78.9 Å². The summed E-state index contributed by atoms with van der Waals surface area (Å²) in [6.45, 7) is 6.55. The molecule has 6 nitrogen and oxygen atoms in total. The fraction of sp³-hybridized carbons (Fsp3) is 0.795. The van der Waals surface area contributed by atoms with Gasteiger partial charge in [-0.05, 0) is 70.6 Å². The molecule has 1 atom stereocenters. The smallest absolute Gasteiger partial charge is 0.306 e. The highest BCUT2D eigenvalue weighted by Crippen LogP contribution is 2.18. The quantitative estimate of drug-likeness (QED) is 0.0261. The van der Waals surface area contributed by atoms with Gasteiger partial charge in [0, 0.05) is 19.3 Å². The third-order valence-electron chi connectivity index (χ3n) is 15.2. The molecule has 0 aliphatic heterocycles. The van der Waals surface area contributed by atoms with Gasteiger partial charge < -0.3 is 14.2 Å². The predicted octanol–water partition coefficient (Wildman–Crippen LogP) is 23.7. The minimum atomic E-state index is -0.773. The first-order valence-corrected chi connectivity index (χ1v) is 34.4. The molecule has 1 unspecified atom stereocenters. The second kappa shape index (κ2) is 67.4. The summed E-state index contributed by atoms with van der Waals surface area (Å²) in [5.41, 5.74) is 0. The predicted molar refractivity (Wildman–Crippen MR) is 344 cm³/mol. The first-order valence-electron chi connectivity index (χ1n) is 34.4. The van der Waals surface area contributed by atoms with Gasteiger partial charge in [0.2, 0.25) is 0 Å². The summed E-state index contributed by atoms with van der Waals surface area (Å²) in [6.07, 6.45) is 88.0. The summed E-state index contributed by atoms with van der Waals surface area (Å²) in [5, 5.41) is 0. The lowest BCUT2D eigenvalue weighted by molar-refractivity contribution is -0.167. The summed E-state index contributed by atoms with van der Waals surface area (Å²) >= 11 is 0. The zero-order valence-electron chi connectivity index (χ0n) is 52.6. The summed E-state index contributed by atoms with van der Waals surface area (Å²) in [4.78, 5) is 38.2. The van der Waals surface area contributed by atoms with Crippen molar-refractivity contribution in [3.8, 4) is 0 Å². The van der Waals surface area contributed by atoms with Crippen molar-refractivity contribution in [2.75, 3.05) is 13.2 Å². The van der Waals surface area contributed by atoms with Crippen LogP contribution in [0.1, 0.15) is 355 Å². The molecule has 0 saturated heterocycles. The maximum absolute atomic E-state index is 12.9. The first-order chi connectivity index (χ1) is 39.0. The lowest BCUT2D eigenvalue weighted by atomic mass is 10.0. The van der Waals surface area contributed by atoms with Crippen molar-refractivity contribution in [1.29, 1.82) is 0 Å². The molecule has 0 aliphatic carbocycles. The molecule has 0 fully saturated rings. The van der Waals surface area contributed by atoms with Crippen LogP contribution in [0.25, 0.3) is 0 Å². The van der Waals surface area contributed by atoms with Crippen LogP contribution in [0.2, 0.25) is 0 Å². The van der Waals surface area contributed by atoms with Crippen LogP contribution in [-0.4, -0.2) is 37.2 Å². The van der Waals surface area contributed by atoms with Crippen LogP contribution in [0.5, 0.6) is 0 Å². The highest BCUT2D eigenvalue weighted by Gasteiger charge is 2.19. The molecule has 0 aromatic heterocycles. The largest absolute Gasteiger partial charge is 0.462 e. The highest BCUT2D eigenvalue weighted by atomic mass is 16.6. The molecule has 0 saturated carbocycles. The molecular weight excluding hydrogens is 973 g/mol. The third-order valence-corrected chi connectivity index (χ3v) is 15.2. The monoisotopic (exact) mass is 1100 g/mol. The molecule has 0 radical (unpaired) electrons. The Morgan fingerprint density at radius 3 is 0.772 bits per heavy atom. The Hall–Kier alpha value is -3.15. The van der Waals surface area contributed by atoms with Gasteiger partial charge in [-0.1, -0.05) is 338 Å². The Labute approximate surface area is 491 Å². The van der Waals surface area contributed by atoms with E-state index in [1.54, 1.807) is 0 Å². The van der Waals surface area contributed by atoms with Crippen molar-refractivity contribution in [1.82, 2.24) is 0 Å². The van der Waals surface area contributed by atoms with Crippen LogP contribution in [0.4, 0.5) is 0 Å². The second-order valence-electron chi connectivity index (χ2n) is 23.1. The molecule has 0 bridgehead atoms. The van der Waals surface area contributed by atoms with Crippen LogP contribution >= 0.6 is 0 Å². The summed E-state index contributed by atoms with van der Waals surface area (Å²) in [5.74, 6) is -0.861. The summed E-state index contributed by atoms with van der Waals surface area (Å²) < 4.78 is 16.9. The number of allylic oxidation sites excluding steroid dienone is 12. The average Bonchev–Trinajstić information content (AvgIpc) is 3.45.